The maximum absolute atomic E-state index is 13.2. The Bertz CT molecular complexity index is 644. The molecule has 0 N–H and O–H groups in total. The van der Waals surface area contributed by atoms with E-state index >= 15 is 0 Å². The predicted molar refractivity (Wildman–Crippen MR) is 216 cm³/mol. The molecule has 0 aliphatic carbocycles. The van der Waals surface area contributed by atoms with Crippen LogP contribution in [-0.2, 0) is 14.1 Å². The number of hydrogen-bond donors (Lipinski definition) is 0. The molecule has 0 rings (SSSR count). The molecule has 0 heterocycles. The first-order chi connectivity index (χ1) is 23.3. The molecule has 0 amide bonds. The molecule has 0 bridgehead atoms. The van der Waals surface area contributed by atoms with Gasteiger partial charge in [-0.3, -0.25) is 0 Å². The molecule has 5 heteroatoms. The van der Waals surface area contributed by atoms with Crippen molar-refractivity contribution in [2.45, 2.75) is 232 Å². The fourth-order valence-corrected chi connectivity index (χ4v) is 8.37. The van der Waals surface area contributed by atoms with Crippen molar-refractivity contribution in [2.75, 3.05) is 34.3 Å². The van der Waals surface area contributed by atoms with Gasteiger partial charge in [0.05, 0.1) is 0 Å². The summed E-state index contributed by atoms with van der Waals surface area (Å²) in [4.78, 5) is 26.3. The zero-order chi connectivity index (χ0) is 35.4. The first kappa shape index (κ1) is 47.7. The molecule has 0 aliphatic rings. The number of carbonyl (C=O) groups excluding carboxylic acids is 2. The van der Waals surface area contributed by atoms with Crippen LogP contribution in [0.5, 0.6) is 0 Å². The number of rotatable bonds is 40. The van der Waals surface area contributed by atoms with Gasteiger partial charge < -0.3 is 0 Å². The van der Waals surface area contributed by atoms with Crippen LogP contribution >= 0.6 is 8.15 Å². The summed E-state index contributed by atoms with van der Waals surface area (Å²) in [6.07, 6.45) is 43.6. The zero-order valence-corrected chi connectivity index (χ0v) is 34.6. The van der Waals surface area contributed by atoms with Crippen molar-refractivity contribution in [1.82, 2.24) is 0 Å². The third-order valence-electron chi connectivity index (χ3n) is 10.0. The summed E-state index contributed by atoms with van der Waals surface area (Å²) >= 11 is 0. The molecule has 48 heavy (non-hydrogen) atoms. The molecule has 0 aromatic carbocycles. The molecule has 0 spiro atoms. The van der Waals surface area contributed by atoms with Crippen LogP contribution in [0.1, 0.15) is 232 Å². The van der Waals surface area contributed by atoms with E-state index in [0.717, 1.165) is 36.7 Å². The Labute approximate surface area is 303 Å². The van der Waals surface area contributed by atoms with Crippen molar-refractivity contribution in [1.29, 1.82) is 0 Å². The summed E-state index contributed by atoms with van der Waals surface area (Å²) < 4.78 is 6.88. The van der Waals surface area contributed by atoms with E-state index in [1.165, 1.54) is 180 Å². The van der Waals surface area contributed by atoms with Gasteiger partial charge >= 0.3 is 213 Å². The van der Waals surface area contributed by atoms with Crippen molar-refractivity contribution in [3.63, 3.8) is 0 Å². The van der Waals surface area contributed by atoms with E-state index < -0.39 is 8.15 Å². The summed E-state index contributed by atoms with van der Waals surface area (Å²) in [6.45, 7) is 5.91. The molecule has 0 unspecified atom stereocenters. The molecule has 0 saturated heterocycles. The Morgan fingerprint density at radius 1 is 0.396 bits per heavy atom. The normalized spacial score (nSPS) is 12.1. The minimum atomic E-state index is -2.05. The van der Waals surface area contributed by atoms with Gasteiger partial charge in [-0.1, -0.05) is 90.9 Å². The van der Waals surface area contributed by atoms with Gasteiger partial charge in [0.2, 0.25) is 0 Å². The van der Waals surface area contributed by atoms with Crippen molar-refractivity contribution in [2.24, 2.45) is 0 Å². The van der Waals surface area contributed by atoms with E-state index in [2.05, 4.69) is 35.0 Å². The Hall–Kier alpha value is -0.310. The van der Waals surface area contributed by atoms with Gasteiger partial charge in [0.25, 0.3) is 0 Å². The fraction of sp³-hybridized carbons (Fsp3) is 0.953. The second kappa shape index (κ2) is 36.5. The zero-order valence-electron chi connectivity index (χ0n) is 33.6. The van der Waals surface area contributed by atoms with Crippen LogP contribution in [0.15, 0.2) is 0 Å². The fourth-order valence-electron chi connectivity index (χ4n) is 6.63. The van der Waals surface area contributed by atoms with E-state index in [1.54, 1.807) is 0 Å². The molecule has 0 radical (unpaired) electrons. The average molecular weight is 698 g/mol. The standard InChI is InChI=1S/C43H88NO3P/c1-6-8-10-12-14-16-18-20-22-24-26-28-30-32-34-36-38-42(45)48(47-41-40-44(3,4)5)43(46)39-37-35-33-31-29-27-25-23-21-19-17-15-13-11-9-7-2/h48H,6-41H2,1-5H3. The monoisotopic (exact) mass is 698 g/mol. The molecule has 0 fully saturated rings. The first-order valence-electron chi connectivity index (χ1n) is 21.7. The van der Waals surface area contributed by atoms with Gasteiger partial charge in [0, 0.05) is 0 Å². The Kier molecular flexibility index (Phi) is 36.2. The summed E-state index contributed by atoms with van der Waals surface area (Å²) in [6, 6.07) is 0. The van der Waals surface area contributed by atoms with Crippen molar-refractivity contribution >= 4 is 19.2 Å². The van der Waals surface area contributed by atoms with Crippen molar-refractivity contribution in [3.8, 4) is 0 Å². The quantitative estimate of drug-likeness (QED) is 0.0364. The second-order valence-electron chi connectivity index (χ2n) is 16.1. The van der Waals surface area contributed by atoms with E-state index in [0.29, 0.717) is 19.4 Å². The van der Waals surface area contributed by atoms with Crippen LogP contribution in [0.25, 0.3) is 0 Å². The summed E-state index contributed by atoms with van der Waals surface area (Å²) in [5.41, 5.74) is 0.238. The van der Waals surface area contributed by atoms with Gasteiger partial charge in [-0.15, -0.1) is 0 Å². The SMILES string of the molecule is CCCCCCCCCCCCCCCCCCC(=O)[PH-](OCC[N+](C)(C)C)C(=O)CCCCCCCCCCCCCCCCCC. The molecular weight excluding hydrogens is 609 g/mol. The average Bonchev–Trinajstić information content (AvgIpc) is 3.05. The summed E-state index contributed by atoms with van der Waals surface area (Å²) in [7, 11) is 4.34. The summed E-state index contributed by atoms with van der Waals surface area (Å²) in [5, 5.41) is 0. The van der Waals surface area contributed by atoms with Crippen LogP contribution < -0.4 is 0 Å². The second-order valence-corrected chi connectivity index (χ2v) is 18.2. The number of likely N-dealkylation sites (N-methyl/N-ethyl adjacent to an activating group) is 1. The number of hydrogen-bond acceptors (Lipinski definition) is 3. The van der Waals surface area contributed by atoms with Crippen LogP contribution in [0, 0.1) is 0 Å². The summed E-state index contributed by atoms with van der Waals surface area (Å²) in [5.74, 6) is 0. The van der Waals surface area contributed by atoms with Crippen LogP contribution in [0.3, 0.4) is 0 Å². The topological polar surface area (TPSA) is 43.4 Å². The molecule has 0 saturated carbocycles. The third-order valence-corrected chi connectivity index (χ3v) is 12.0. The van der Waals surface area contributed by atoms with Gasteiger partial charge in [-0.05, 0) is 0 Å². The molecule has 0 aliphatic heterocycles. The van der Waals surface area contributed by atoms with E-state index in [4.69, 9.17) is 4.52 Å². The van der Waals surface area contributed by atoms with E-state index in [-0.39, 0.29) is 11.0 Å². The van der Waals surface area contributed by atoms with Crippen LogP contribution in [0.4, 0.5) is 0 Å². The molecule has 4 nitrogen and oxygen atoms in total. The minimum Gasteiger partial charge on any atom is -0.0654 e. The number of nitrogens with zero attached hydrogens (tertiary/aromatic N) is 1. The predicted octanol–water partition coefficient (Wildman–Crippen LogP) is 14.2. The minimum absolute atomic E-state index is 0.119. The van der Waals surface area contributed by atoms with Crippen molar-refractivity contribution in [3.05, 3.63) is 0 Å². The van der Waals surface area contributed by atoms with Crippen LogP contribution in [-0.4, -0.2) is 49.8 Å². The smallest absolute Gasteiger partial charge is 0.0654 e. The van der Waals surface area contributed by atoms with Gasteiger partial charge in [0.1, 0.15) is 0 Å². The molecule has 0 atom stereocenters. The van der Waals surface area contributed by atoms with Gasteiger partial charge in [0.15, 0.2) is 0 Å². The van der Waals surface area contributed by atoms with Gasteiger partial charge in [-0.25, -0.2) is 0 Å². The van der Waals surface area contributed by atoms with Crippen LogP contribution in [0.2, 0.25) is 0 Å². The Morgan fingerprint density at radius 2 is 0.625 bits per heavy atom. The number of unbranched alkanes of at least 4 members (excludes halogenated alkanes) is 30. The number of quaternary nitrogens is 1. The Morgan fingerprint density at radius 3 is 0.854 bits per heavy atom. The van der Waals surface area contributed by atoms with Crippen molar-refractivity contribution < 1.29 is 18.6 Å². The van der Waals surface area contributed by atoms with Gasteiger partial charge in [-0.2, -0.15) is 0 Å². The molecule has 0 aromatic rings. The van der Waals surface area contributed by atoms with E-state index in [9.17, 15) is 9.59 Å². The third kappa shape index (κ3) is 35.5. The first-order valence-corrected chi connectivity index (χ1v) is 23.1. The Balaban J connectivity index is 3.97. The van der Waals surface area contributed by atoms with E-state index in [1.807, 2.05) is 0 Å². The molecule has 288 valence electrons. The molecular formula is C43H88NO3P. The maximum atomic E-state index is 13.2. The number of carbonyl (C=O) groups is 2. The molecule has 0 aromatic heterocycles.